The van der Waals surface area contributed by atoms with Crippen LogP contribution in [0.15, 0.2) is 69.3 Å². The van der Waals surface area contributed by atoms with Crippen LogP contribution in [0.3, 0.4) is 0 Å². The minimum atomic E-state index is -4.92. The number of rotatable bonds is 10. The van der Waals surface area contributed by atoms with Crippen molar-refractivity contribution in [3.05, 3.63) is 65.7 Å². The quantitative estimate of drug-likeness (QED) is 0.0757. The summed E-state index contributed by atoms with van der Waals surface area (Å²) in [4.78, 5) is 23.3. The molecule has 0 spiro atoms. The highest BCUT2D eigenvalue weighted by Crippen LogP contribution is 2.38. The van der Waals surface area contributed by atoms with E-state index >= 15 is 0 Å². The lowest BCUT2D eigenvalue weighted by molar-refractivity contribution is -0.432. The van der Waals surface area contributed by atoms with E-state index < -0.39 is 47.3 Å². The molecule has 0 unspecified atom stereocenters. The van der Waals surface area contributed by atoms with Crippen LogP contribution in [0.1, 0.15) is 27.6 Å². The number of hydrogen-bond acceptors (Lipinski definition) is 11. The van der Waals surface area contributed by atoms with Crippen molar-refractivity contribution in [3.63, 3.8) is 0 Å². The summed E-state index contributed by atoms with van der Waals surface area (Å²) in [5.74, 6) is -1.56. The smallest absolute Gasteiger partial charge is 0.295 e. The number of Topliss-reactive ketones (excluding diaryl/α,β-unsaturated/α-hetero) is 1. The fraction of sp³-hybridized carbons (Fsp3) is 0.0909. The van der Waals surface area contributed by atoms with Crippen molar-refractivity contribution in [2.24, 2.45) is 0 Å². The van der Waals surface area contributed by atoms with Crippen molar-refractivity contribution in [3.8, 4) is 11.1 Å². The number of nitrogens with one attached hydrogen (secondary N) is 2. The Hall–Kier alpha value is -3.35. The third kappa shape index (κ3) is 6.74. The van der Waals surface area contributed by atoms with E-state index in [-0.39, 0.29) is 27.3 Å². The molecule has 0 aromatic heterocycles. The molecular formula is C22H20N2O11S3. The van der Waals surface area contributed by atoms with Crippen LogP contribution in [-0.2, 0) is 29.6 Å². The Bertz CT molecular complexity index is 1620. The van der Waals surface area contributed by atoms with E-state index in [1.54, 1.807) is 19.2 Å². The maximum absolute atomic E-state index is 12.9. The van der Waals surface area contributed by atoms with Gasteiger partial charge in [0.05, 0.1) is 17.6 Å². The van der Waals surface area contributed by atoms with Crippen LogP contribution in [0.4, 0.5) is 11.4 Å². The van der Waals surface area contributed by atoms with Gasteiger partial charge in [0.1, 0.15) is 9.79 Å². The summed E-state index contributed by atoms with van der Waals surface area (Å²) in [7, 11) is -8.16. The SMILES string of the molecule is CNc1ccc(-c2ccc(NC(=O)c3ccc(C(C)=O)cc3S(=O)(=O)O)cc2S(=O)(=O)O)c(SOOO)c1. The van der Waals surface area contributed by atoms with E-state index in [2.05, 4.69) is 20.0 Å². The van der Waals surface area contributed by atoms with Crippen molar-refractivity contribution in [1.82, 2.24) is 0 Å². The molecule has 0 heterocycles. The van der Waals surface area contributed by atoms with Crippen LogP contribution >= 0.6 is 12.0 Å². The Morgan fingerprint density at radius 1 is 0.842 bits per heavy atom. The second kappa shape index (κ2) is 11.6. The van der Waals surface area contributed by atoms with Crippen LogP contribution in [0, 0.1) is 0 Å². The minimum absolute atomic E-state index is 0.0124. The Balaban J connectivity index is 2.09. The molecule has 0 radical (unpaired) electrons. The first-order valence-corrected chi connectivity index (χ1v) is 13.9. The van der Waals surface area contributed by atoms with Gasteiger partial charge in [-0.1, -0.05) is 23.2 Å². The first kappa shape index (κ1) is 29.2. The zero-order valence-corrected chi connectivity index (χ0v) is 22.0. The van der Waals surface area contributed by atoms with Gasteiger partial charge in [-0.15, -0.1) is 4.33 Å². The molecule has 3 rings (SSSR count). The summed E-state index contributed by atoms with van der Waals surface area (Å²) in [5.41, 5.74) is 0.0877. The molecule has 1 amide bonds. The highest BCUT2D eigenvalue weighted by atomic mass is 32.2. The topological polar surface area (TPSA) is 206 Å². The zero-order chi connectivity index (χ0) is 28.3. The van der Waals surface area contributed by atoms with Gasteiger partial charge in [-0.25, -0.2) is 5.26 Å². The second-order valence-electron chi connectivity index (χ2n) is 7.57. The third-order valence-electron chi connectivity index (χ3n) is 5.14. The molecule has 3 aromatic rings. The summed E-state index contributed by atoms with van der Waals surface area (Å²) >= 11 is 0.547. The average Bonchev–Trinajstić information content (AvgIpc) is 2.85. The number of carbonyl (C=O) groups excluding carboxylic acids is 2. The molecule has 38 heavy (non-hydrogen) atoms. The van der Waals surface area contributed by atoms with Gasteiger partial charge < -0.3 is 10.6 Å². The van der Waals surface area contributed by atoms with Crippen LogP contribution in [-0.4, -0.2) is 49.9 Å². The van der Waals surface area contributed by atoms with Gasteiger partial charge in [0.2, 0.25) is 0 Å². The van der Waals surface area contributed by atoms with Gasteiger partial charge in [0.15, 0.2) is 5.78 Å². The second-order valence-corrected chi connectivity index (χ2v) is 11.1. The largest absolute Gasteiger partial charge is 0.388 e. The van der Waals surface area contributed by atoms with E-state index in [1.165, 1.54) is 31.2 Å². The van der Waals surface area contributed by atoms with E-state index in [0.29, 0.717) is 17.7 Å². The first-order chi connectivity index (χ1) is 17.8. The number of amides is 1. The molecule has 0 saturated heterocycles. The Morgan fingerprint density at radius 2 is 1.47 bits per heavy atom. The lowest BCUT2D eigenvalue weighted by atomic mass is 10.0. The van der Waals surface area contributed by atoms with E-state index in [4.69, 9.17) is 5.26 Å². The molecule has 0 atom stereocenters. The summed E-state index contributed by atoms with van der Waals surface area (Å²) in [5, 5.41) is 17.3. The van der Waals surface area contributed by atoms with Gasteiger partial charge >= 0.3 is 0 Å². The zero-order valence-electron chi connectivity index (χ0n) is 19.5. The van der Waals surface area contributed by atoms with Crippen molar-refractivity contribution in [2.75, 3.05) is 17.7 Å². The van der Waals surface area contributed by atoms with Crippen molar-refractivity contribution >= 4 is 55.3 Å². The van der Waals surface area contributed by atoms with Gasteiger partial charge in [-0.2, -0.15) is 16.8 Å². The molecule has 0 saturated carbocycles. The number of ketones is 1. The Kier molecular flexibility index (Phi) is 8.90. The first-order valence-electron chi connectivity index (χ1n) is 10.3. The number of benzene rings is 3. The van der Waals surface area contributed by atoms with Gasteiger partial charge in [-0.05, 0) is 48.9 Å². The van der Waals surface area contributed by atoms with Gasteiger partial charge in [0, 0.05) is 34.4 Å². The lowest BCUT2D eigenvalue weighted by Crippen LogP contribution is -2.17. The molecule has 5 N–H and O–H groups in total. The monoisotopic (exact) mass is 584 g/mol. The highest BCUT2D eigenvalue weighted by molar-refractivity contribution is 7.94. The fourth-order valence-electron chi connectivity index (χ4n) is 3.40. The minimum Gasteiger partial charge on any atom is -0.388 e. The summed E-state index contributed by atoms with van der Waals surface area (Å²) < 4.78 is 72.1. The summed E-state index contributed by atoms with van der Waals surface area (Å²) in [6.45, 7) is 1.17. The maximum atomic E-state index is 12.9. The van der Waals surface area contributed by atoms with Crippen LogP contribution in [0.2, 0.25) is 0 Å². The Labute approximate surface area is 221 Å². The summed E-state index contributed by atoms with van der Waals surface area (Å²) in [6.07, 6.45) is 0. The predicted octanol–water partition coefficient (Wildman–Crippen LogP) is 3.77. The molecule has 16 heteroatoms. The van der Waals surface area contributed by atoms with Crippen LogP contribution in [0.5, 0.6) is 0 Å². The van der Waals surface area contributed by atoms with E-state index in [9.17, 15) is 35.5 Å². The van der Waals surface area contributed by atoms with Crippen molar-refractivity contribution in [2.45, 2.75) is 21.6 Å². The standard InChI is InChI=1S/C22H20N2O11S3/c1-12(25)13-3-6-18(20(9-13)37(28,29)30)22(26)24-15-5-8-17(21(11-15)38(31,32)33)16-7-4-14(23-2)10-19(16)36-35-34-27/h3-11,23,27H,1-2H3,(H,24,26)(H,28,29,30)(H,31,32,33). The molecule has 0 bridgehead atoms. The normalized spacial score (nSPS) is 11.7. The molecule has 0 fully saturated rings. The molecule has 202 valence electrons. The fourth-order valence-corrected chi connectivity index (χ4v) is 5.39. The van der Waals surface area contributed by atoms with Crippen LogP contribution in [0.25, 0.3) is 11.1 Å². The predicted molar refractivity (Wildman–Crippen MR) is 136 cm³/mol. The molecule has 0 aliphatic heterocycles. The Morgan fingerprint density at radius 3 is 2.05 bits per heavy atom. The van der Waals surface area contributed by atoms with Gasteiger partial charge in [0.25, 0.3) is 26.1 Å². The number of carbonyl (C=O) groups is 2. The van der Waals surface area contributed by atoms with Gasteiger partial charge in [-0.3, -0.25) is 18.7 Å². The molecule has 13 nitrogen and oxygen atoms in total. The van der Waals surface area contributed by atoms with E-state index in [0.717, 1.165) is 18.2 Å². The van der Waals surface area contributed by atoms with E-state index in [1.807, 2.05) is 0 Å². The van der Waals surface area contributed by atoms with Crippen LogP contribution < -0.4 is 10.6 Å². The number of hydrogen-bond donors (Lipinski definition) is 5. The summed E-state index contributed by atoms with van der Waals surface area (Å²) in [6, 6.07) is 11.2. The molecular weight excluding hydrogens is 564 g/mol. The average molecular weight is 585 g/mol. The van der Waals surface area contributed by atoms with Crippen molar-refractivity contribution in [1.29, 1.82) is 0 Å². The molecule has 0 aliphatic rings. The lowest BCUT2D eigenvalue weighted by Gasteiger charge is -2.15. The highest BCUT2D eigenvalue weighted by Gasteiger charge is 2.24. The van der Waals surface area contributed by atoms with Crippen molar-refractivity contribution < 1.29 is 50.2 Å². The maximum Gasteiger partial charge on any atom is 0.295 e. The number of anilines is 2. The third-order valence-corrected chi connectivity index (χ3v) is 7.58. The molecule has 3 aromatic carbocycles. The molecule has 0 aliphatic carbocycles.